The van der Waals surface area contributed by atoms with Crippen LogP contribution < -0.4 is 29.4 Å². The van der Waals surface area contributed by atoms with Gasteiger partial charge < -0.3 is 39.2 Å². The molecule has 8 saturated heterocycles. The molecule has 0 saturated carbocycles. The summed E-state index contributed by atoms with van der Waals surface area (Å²) in [6.07, 6.45) is 21.1. The third kappa shape index (κ3) is 35.6. The van der Waals surface area contributed by atoms with E-state index >= 15 is 0 Å². The second-order valence-electron chi connectivity index (χ2n) is 56.3. The van der Waals surface area contributed by atoms with E-state index in [0.29, 0.717) is 84.9 Å². The molecular formula is C126H213N17O2. The molecule has 9 atom stereocenters. The SMILES string of the molecule is CC(C)C(=O)N1CCC(C(C)(C)C)C(C)(C)C1.CCC(=O)N1CCC(C(C)(C)C)C(C)(C)C1.CCC1CN(c2ccc(C)cn2)CCC1C(C)C.Cc1ccc(N2CCC(C(C)(C)C)C(C)(C)C2)cc1.Cc1ccc(N2CCC(C(C)(C)C)C(C)(C)C2)nc1.Cc1ccc(N2CCC(C(C)C)C(C)(C)C2)nn1.Cc1cnc(N2CCC(C(C)C)C(C)(C)C2)nc1.Cc1nc(N2CCC(C(C)C)C(C)(C)C2)ncc1C#N. The molecule has 0 spiro atoms. The number of anilines is 6. The lowest BCUT2D eigenvalue weighted by Gasteiger charge is -2.50. The maximum absolute atomic E-state index is 12.1. The predicted molar refractivity (Wildman–Crippen MR) is 618 cm³/mol. The molecule has 2 amide bonds. The number of piperidine rings is 8. The predicted octanol–water partition coefficient (Wildman–Crippen LogP) is 29.7. The van der Waals surface area contributed by atoms with Crippen molar-refractivity contribution in [2.75, 3.05) is 134 Å². The molecule has 8 aliphatic heterocycles. The number of pyridine rings is 2. The number of rotatable bonds is 13. The summed E-state index contributed by atoms with van der Waals surface area (Å²) in [4.78, 5) is 69.3. The van der Waals surface area contributed by atoms with Crippen molar-refractivity contribution in [2.45, 2.75) is 369 Å². The smallest absolute Gasteiger partial charge is 0.225 e. The van der Waals surface area contributed by atoms with Gasteiger partial charge in [0.2, 0.25) is 23.7 Å². The normalized spacial score (nSPS) is 23.8. The Bertz CT molecular complexity index is 4770. The Morgan fingerprint density at radius 1 is 0.366 bits per heavy atom. The Morgan fingerprint density at radius 3 is 1.09 bits per heavy atom. The highest BCUT2D eigenvalue weighted by atomic mass is 16.2. The van der Waals surface area contributed by atoms with Gasteiger partial charge in [0.25, 0.3) is 0 Å². The van der Waals surface area contributed by atoms with Crippen molar-refractivity contribution in [2.24, 2.45) is 142 Å². The van der Waals surface area contributed by atoms with E-state index in [4.69, 9.17) is 5.26 Å². The minimum Gasteiger partial charge on any atom is -0.371 e. The number of aromatic nitrogens is 8. The van der Waals surface area contributed by atoms with Crippen molar-refractivity contribution in [3.05, 3.63) is 131 Å². The molecule has 0 bridgehead atoms. The number of carbonyl (C=O) groups is 2. The summed E-state index contributed by atoms with van der Waals surface area (Å²) in [7, 11) is 0. The van der Waals surface area contributed by atoms with E-state index < -0.39 is 0 Å². The lowest BCUT2D eigenvalue weighted by Crippen LogP contribution is -2.52. The van der Waals surface area contributed by atoms with E-state index in [1.54, 1.807) is 6.20 Å². The molecule has 9 unspecified atom stereocenters. The second-order valence-corrected chi connectivity index (χ2v) is 56.3. The molecule has 8 aliphatic rings. The van der Waals surface area contributed by atoms with Crippen LogP contribution in [0.2, 0.25) is 0 Å². The van der Waals surface area contributed by atoms with E-state index in [9.17, 15) is 9.59 Å². The van der Waals surface area contributed by atoms with Crippen molar-refractivity contribution in [1.29, 1.82) is 5.26 Å². The number of carbonyl (C=O) groups excluding carboxylic acids is 2. The summed E-state index contributed by atoms with van der Waals surface area (Å²) in [5.41, 5.74) is 12.2. The molecule has 0 N–H and O–H groups in total. The zero-order valence-electron chi connectivity index (χ0n) is 101. The van der Waals surface area contributed by atoms with Gasteiger partial charge in [-0.1, -0.05) is 299 Å². The van der Waals surface area contributed by atoms with Crippen LogP contribution in [-0.2, 0) is 9.59 Å². The van der Waals surface area contributed by atoms with Crippen molar-refractivity contribution in [3.8, 4) is 6.07 Å². The molecule has 19 heteroatoms. The van der Waals surface area contributed by atoms with Crippen LogP contribution in [0.5, 0.6) is 0 Å². The summed E-state index contributed by atoms with van der Waals surface area (Å²) in [5, 5.41) is 17.4. The Kier molecular flexibility index (Phi) is 44.2. The van der Waals surface area contributed by atoms with Crippen molar-refractivity contribution in [1.82, 2.24) is 49.9 Å². The largest absolute Gasteiger partial charge is 0.371 e. The summed E-state index contributed by atoms with van der Waals surface area (Å²) in [6, 6.07) is 23.9. The van der Waals surface area contributed by atoms with Gasteiger partial charge in [-0.25, -0.2) is 29.9 Å². The molecule has 19 nitrogen and oxygen atoms in total. The monoisotopic (exact) mass is 2000 g/mol. The number of likely N-dealkylation sites (tertiary alicyclic amines) is 2. The maximum atomic E-state index is 12.1. The minimum absolute atomic E-state index is 0.122. The van der Waals surface area contributed by atoms with Crippen LogP contribution in [0.3, 0.4) is 0 Å². The molecule has 6 aromatic rings. The van der Waals surface area contributed by atoms with Gasteiger partial charge in [-0.2, -0.15) is 10.4 Å². The molecule has 5 aromatic heterocycles. The third-order valence-corrected chi connectivity index (χ3v) is 34.5. The van der Waals surface area contributed by atoms with Gasteiger partial charge in [-0.15, -0.1) is 5.10 Å². The first-order valence-electron chi connectivity index (χ1n) is 56.7. The van der Waals surface area contributed by atoms with Gasteiger partial charge >= 0.3 is 0 Å². The zero-order chi connectivity index (χ0) is 109. The molecule has 13 heterocycles. The van der Waals surface area contributed by atoms with E-state index in [1.165, 1.54) is 80.4 Å². The first-order chi connectivity index (χ1) is 66.9. The highest BCUT2D eigenvalue weighted by Gasteiger charge is 2.49. The fraction of sp³-hybridized carbons (Fsp3) is 0.754. The molecule has 145 heavy (non-hydrogen) atoms. The lowest BCUT2D eigenvalue weighted by molar-refractivity contribution is -0.140. The number of benzene rings is 1. The van der Waals surface area contributed by atoms with E-state index in [2.05, 4.69) is 398 Å². The van der Waals surface area contributed by atoms with Gasteiger partial charge in [-0.05, 0) is 282 Å². The van der Waals surface area contributed by atoms with Gasteiger partial charge in [0, 0.05) is 148 Å². The summed E-state index contributed by atoms with van der Waals surface area (Å²) in [6.45, 7) is 117. The standard InChI is InChI=1S/C18H29N.C17H28N2.C16H24N4.C16H26N2.2C15H25N3.C15H29NO.C14H27NO/c1-14-7-9-15(10-8-14)19-12-11-16(17(2,3)4)18(5,6)13-19;1-13-7-8-15(18-11-13)19-10-9-14(16(2,3)4)17(5,6)12-19;1-11(2)14-6-7-20(10-16(14,4)5)15-18-9-13(8-17)12(3)19-15;1-5-14-11-18(9-8-15(14)12(2)3)16-7-6-13(4)10-17-16;1-11(2)13-6-7-18(10-15(13,4)5)14-16-8-12(3)9-17-14;1-11(2)13-8-9-18(10-15(13,4)5)14-7-6-12(3)16-17-14;1-11(2)13(17)16-9-8-12(14(3,4)5)15(6,7)10-16;1-7-12(16)15-9-8-11(13(2,3)4)14(5,6)10-15/h7-10,16H,11-13H2,1-6H3;7-8,11,14H,9-10,12H2,1-6H3;9,11,14H,6-7,10H2,1-5H3;6-7,10,12,14-15H,5,8-9,11H2,1-4H3;8-9,11,13H,6-7,10H2,1-5H3;6-7,11,13H,8-10H2,1-5H3;11-12H,8-10H2,1-7H3;11H,7-10H2,1-6H3. The maximum Gasteiger partial charge on any atom is 0.225 e. The molecule has 1 aromatic carbocycles. The van der Waals surface area contributed by atoms with Gasteiger partial charge in [0.1, 0.15) is 17.7 Å². The Labute approximate surface area is 888 Å². The van der Waals surface area contributed by atoms with Gasteiger partial charge in [-0.3, -0.25) is 9.59 Å². The Hall–Kier alpha value is -8.01. The lowest BCUT2D eigenvalue weighted by atomic mass is 9.62. The summed E-state index contributed by atoms with van der Waals surface area (Å²) < 4.78 is 0. The van der Waals surface area contributed by atoms with Crippen LogP contribution in [0, 0.1) is 195 Å². The Morgan fingerprint density at radius 2 is 0.717 bits per heavy atom. The Balaban J connectivity index is 0.000000225. The first kappa shape index (κ1) is 124. The zero-order valence-corrected chi connectivity index (χ0v) is 101. The molecule has 8 fully saturated rings. The van der Waals surface area contributed by atoms with Gasteiger partial charge in [0.15, 0.2) is 5.82 Å². The quantitative estimate of drug-likeness (QED) is 0.106. The average molecular weight is 2000 g/mol. The number of nitrogens with zero attached hydrogens (tertiary/aromatic N) is 17. The van der Waals surface area contributed by atoms with E-state index in [1.807, 2.05) is 77.3 Å². The summed E-state index contributed by atoms with van der Waals surface area (Å²) >= 11 is 0. The number of hydrogen-bond donors (Lipinski definition) is 0. The van der Waals surface area contributed by atoms with Crippen molar-refractivity contribution >= 4 is 46.9 Å². The molecular weight excluding hydrogens is 1780 g/mol. The number of nitriles is 1. The number of aryl methyl sites for hydroxylation is 6. The van der Waals surface area contributed by atoms with Crippen LogP contribution in [0.4, 0.5) is 35.0 Å². The van der Waals surface area contributed by atoms with Crippen LogP contribution in [-0.4, -0.2) is 166 Å². The molecule has 14 rings (SSSR count). The summed E-state index contributed by atoms with van der Waals surface area (Å²) in [5.74, 6) is 15.7. The third-order valence-electron chi connectivity index (χ3n) is 34.5. The average Bonchev–Trinajstić information content (AvgIpc) is 0.768. The molecule has 0 aliphatic carbocycles. The number of amides is 2. The van der Waals surface area contributed by atoms with Gasteiger partial charge in [0.05, 0.1) is 23.1 Å². The molecule has 0 radical (unpaired) electrons. The van der Waals surface area contributed by atoms with Crippen LogP contribution in [0.1, 0.15) is 367 Å². The van der Waals surface area contributed by atoms with Crippen LogP contribution in [0.25, 0.3) is 0 Å². The highest BCUT2D eigenvalue weighted by molar-refractivity contribution is 5.78. The van der Waals surface area contributed by atoms with Crippen LogP contribution >= 0.6 is 0 Å². The topological polar surface area (TPSA) is 187 Å². The van der Waals surface area contributed by atoms with E-state index in [0.717, 1.165) is 210 Å². The second kappa shape index (κ2) is 51.7. The van der Waals surface area contributed by atoms with Crippen LogP contribution in [0.15, 0.2) is 91.6 Å². The van der Waals surface area contributed by atoms with Crippen molar-refractivity contribution in [3.63, 3.8) is 0 Å². The minimum atomic E-state index is 0.122. The highest BCUT2D eigenvalue weighted by Crippen LogP contribution is 2.52. The molecule has 814 valence electrons. The first-order valence-corrected chi connectivity index (χ1v) is 56.7. The van der Waals surface area contributed by atoms with E-state index in [-0.39, 0.29) is 22.2 Å². The fourth-order valence-corrected chi connectivity index (χ4v) is 28.1. The number of hydrogen-bond acceptors (Lipinski definition) is 17. The fourth-order valence-electron chi connectivity index (χ4n) is 28.1. The van der Waals surface area contributed by atoms with Crippen molar-refractivity contribution < 1.29 is 9.59 Å².